The molecule has 1 aliphatic heterocycles. The molecule has 4 aromatic carbocycles. The van der Waals surface area contributed by atoms with Crippen molar-refractivity contribution in [3.63, 3.8) is 0 Å². The fourth-order valence-electron chi connectivity index (χ4n) is 5.45. The van der Waals surface area contributed by atoms with Gasteiger partial charge in [0.2, 0.25) is 20.0 Å². The summed E-state index contributed by atoms with van der Waals surface area (Å²) in [5.74, 6) is 0. The molecule has 42 heavy (non-hydrogen) atoms. The van der Waals surface area contributed by atoms with Gasteiger partial charge in [-0.05, 0) is 50.2 Å². The lowest BCUT2D eigenvalue weighted by molar-refractivity contribution is 0.334. The van der Waals surface area contributed by atoms with Gasteiger partial charge in [-0.15, -0.1) is 0 Å². The van der Waals surface area contributed by atoms with Crippen LogP contribution < -0.4 is 22.1 Å². The maximum Gasteiger partial charge on any atom is 0.243 e. The van der Waals surface area contributed by atoms with Crippen molar-refractivity contribution >= 4 is 53.0 Å². The number of hydrogen-bond donors (Lipinski definition) is 4. The van der Waals surface area contributed by atoms with Crippen molar-refractivity contribution in [1.82, 2.24) is 19.2 Å². The lowest BCUT2D eigenvalue weighted by atomic mass is 10.1. The molecule has 0 unspecified atom stereocenters. The highest BCUT2D eigenvalue weighted by atomic mass is 32.2. The Hall–Kier alpha value is -3.26. The number of nitrogens with zero attached hydrogens (tertiary/aromatic N) is 2. The Morgan fingerprint density at radius 2 is 0.881 bits per heavy atom. The summed E-state index contributed by atoms with van der Waals surface area (Å²) in [4.78, 5) is 0.314. The van der Waals surface area contributed by atoms with E-state index in [-0.39, 0.29) is 36.0 Å². The molecule has 1 heterocycles. The van der Waals surface area contributed by atoms with E-state index >= 15 is 0 Å². The van der Waals surface area contributed by atoms with Crippen LogP contribution in [0.3, 0.4) is 0 Å². The zero-order valence-corrected chi connectivity index (χ0v) is 25.1. The predicted octanol–water partition coefficient (Wildman–Crippen LogP) is 2.81. The summed E-state index contributed by atoms with van der Waals surface area (Å²) in [5.41, 5.74) is 13.3. The van der Waals surface area contributed by atoms with Crippen LogP contribution in [0.15, 0.2) is 82.6 Å². The Balaban J connectivity index is 1.52. The number of fused-ring (bicyclic) bond motifs is 2. The molecule has 0 aromatic heterocycles. The highest BCUT2D eigenvalue weighted by Gasteiger charge is 2.31. The van der Waals surface area contributed by atoms with Gasteiger partial charge in [0.15, 0.2) is 0 Å². The SMILES string of the molecule is Nc1cccc2c(S(=O)(=O)N3CCCNCCNCCCN(S(=O)(=O)c4cccc5c(N)cccc45)CC3)cccc12. The Morgan fingerprint density at radius 3 is 1.31 bits per heavy atom. The molecule has 0 radical (unpaired) electrons. The Kier molecular flexibility index (Phi) is 9.31. The number of hydrogen-bond acceptors (Lipinski definition) is 8. The third-order valence-corrected chi connectivity index (χ3v) is 11.6. The molecular weight excluding hydrogens is 573 g/mol. The van der Waals surface area contributed by atoms with Crippen molar-refractivity contribution in [2.45, 2.75) is 22.6 Å². The molecule has 0 aliphatic carbocycles. The van der Waals surface area contributed by atoms with E-state index in [2.05, 4.69) is 10.6 Å². The average molecular weight is 611 g/mol. The van der Waals surface area contributed by atoms with E-state index in [4.69, 9.17) is 11.5 Å². The molecular formula is C30H38N6O4S2. The second-order valence-corrected chi connectivity index (χ2v) is 14.2. The number of benzene rings is 4. The van der Waals surface area contributed by atoms with Crippen molar-refractivity contribution in [3.05, 3.63) is 72.8 Å². The van der Waals surface area contributed by atoms with Crippen LogP contribution >= 0.6 is 0 Å². The van der Waals surface area contributed by atoms with Gasteiger partial charge in [-0.2, -0.15) is 8.61 Å². The third kappa shape index (κ3) is 6.24. The fourth-order valence-corrected chi connectivity index (χ4v) is 8.81. The standard InChI is InChI=1S/C30H38N6O4S2/c31-27-11-1-9-25-23(27)7-3-13-29(25)41(37,38)35-19-5-15-33-17-18-34-16-6-20-36(22-21-35)42(39,40)30-14-4-8-24-26(30)10-2-12-28(24)32/h1-4,7-14,33-34H,5-6,15-22,31-32H2. The van der Waals surface area contributed by atoms with Gasteiger partial charge < -0.3 is 22.1 Å². The van der Waals surface area contributed by atoms with Gasteiger partial charge in [-0.1, -0.05) is 48.5 Å². The Morgan fingerprint density at radius 1 is 0.500 bits per heavy atom. The lowest BCUT2D eigenvalue weighted by Gasteiger charge is -2.28. The number of sulfonamides is 2. The highest BCUT2D eigenvalue weighted by Crippen LogP contribution is 2.31. The molecule has 0 bridgehead atoms. The molecule has 12 heteroatoms. The molecule has 0 amide bonds. The van der Waals surface area contributed by atoms with Gasteiger partial charge in [0.05, 0.1) is 9.79 Å². The topological polar surface area (TPSA) is 151 Å². The first-order chi connectivity index (χ1) is 20.2. The summed E-state index contributed by atoms with van der Waals surface area (Å²) in [6.07, 6.45) is 1.14. The summed E-state index contributed by atoms with van der Waals surface area (Å²) in [6.45, 7) is 3.20. The molecule has 5 rings (SSSR count). The summed E-state index contributed by atoms with van der Waals surface area (Å²) in [5, 5.41) is 9.10. The third-order valence-electron chi connectivity index (χ3n) is 7.67. The Labute approximate surface area is 247 Å². The smallest absolute Gasteiger partial charge is 0.243 e. The number of rotatable bonds is 4. The van der Waals surface area contributed by atoms with E-state index in [0.717, 1.165) is 13.1 Å². The number of anilines is 2. The summed E-state index contributed by atoms with van der Waals surface area (Å²) < 4.78 is 59.5. The molecule has 0 saturated carbocycles. The van der Waals surface area contributed by atoms with Crippen molar-refractivity contribution in [3.8, 4) is 0 Å². The first-order valence-electron chi connectivity index (χ1n) is 14.2. The second kappa shape index (κ2) is 12.9. The monoisotopic (exact) mass is 610 g/mol. The van der Waals surface area contributed by atoms with Crippen LogP contribution in [0.4, 0.5) is 11.4 Å². The Bertz CT molecular complexity index is 1650. The minimum Gasteiger partial charge on any atom is -0.398 e. The van der Waals surface area contributed by atoms with Crippen LogP contribution in [0.2, 0.25) is 0 Å². The van der Waals surface area contributed by atoms with E-state index in [1.54, 1.807) is 72.8 Å². The first kappa shape index (κ1) is 30.2. The van der Waals surface area contributed by atoms with E-state index in [9.17, 15) is 16.8 Å². The number of nitrogens with two attached hydrogens (primary N) is 2. The van der Waals surface area contributed by atoms with Crippen LogP contribution in [0.1, 0.15) is 12.8 Å². The van der Waals surface area contributed by atoms with Crippen molar-refractivity contribution in [2.75, 3.05) is 63.8 Å². The first-order valence-corrected chi connectivity index (χ1v) is 17.1. The molecule has 224 valence electrons. The van der Waals surface area contributed by atoms with Gasteiger partial charge in [0.1, 0.15) is 0 Å². The summed E-state index contributed by atoms with van der Waals surface area (Å²) in [6, 6.07) is 20.6. The highest BCUT2D eigenvalue weighted by molar-refractivity contribution is 7.89. The van der Waals surface area contributed by atoms with E-state index in [0.29, 0.717) is 58.9 Å². The molecule has 10 nitrogen and oxygen atoms in total. The molecule has 6 N–H and O–H groups in total. The zero-order valence-electron chi connectivity index (χ0n) is 23.5. The van der Waals surface area contributed by atoms with E-state index in [1.807, 2.05) is 0 Å². The van der Waals surface area contributed by atoms with Crippen molar-refractivity contribution in [1.29, 1.82) is 0 Å². The van der Waals surface area contributed by atoms with Gasteiger partial charge in [0.25, 0.3) is 0 Å². The normalized spacial score (nSPS) is 17.7. The maximum absolute atomic E-state index is 14.2. The molecule has 0 spiro atoms. The van der Waals surface area contributed by atoms with Gasteiger partial charge in [0, 0.05) is 72.2 Å². The molecule has 1 saturated heterocycles. The van der Waals surface area contributed by atoms with Crippen LogP contribution in [-0.4, -0.2) is 77.8 Å². The van der Waals surface area contributed by atoms with Crippen LogP contribution in [0, 0.1) is 0 Å². The fraction of sp³-hybridized carbons (Fsp3) is 0.333. The predicted molar refractivity (Wildman–Crippen MR) is 169 cm³/mol. The van der Waals surface area contributed by atoms with E-state index < -0.39 is 20.0 Å². The second-order valence-electron chi connectivity index (χ2n) is 10.4. The van der Waals surface area contributed by atoms with Crippen LogP contribution in [0.5, 0.6) is 0 Å². The minimum absolute atomic E-state index is 0.000595. The van der Waals surface area contributed by atoms with E-state index in [1.165, 1.54) is 8.61 Å². The van der Waals surface area contributed by atoms with Crippen LogP contribution in [0.25, 0.3) is 21.5 Å². The number of nitrogens with one attached hydrogen (secondary N) is 2. The quantitative estimate of drug-likeness (QED) is 0.258. The summed E-state index contributed by atoms with van der Waals surface area (Å²) in [7, 11) is -7.97. The molecule has 1 aliphatic rings. The molecule has 0 atom stereocenters. The van der Waals surface area contributed by atoms with Gasteiger partial charge in [-0.25, -0.2) is 16.8 Å². The largest absolute Gasteiger partial charge is 0.398 e. The van der Waals surface area contributed by atoms with Crippen molar-refractivity contribution in [2.24, 2.45) is 0 Å². The zero-order chi connectivity index (χ0) is 29.7. The minimum atomic E-state index is -3.98. The van der Waals surface area contributed by atoms with Crippen LogP contribution in [-0.2, 0) is 20.0 Å². The average Bonchev–Trinajstić information content (AvgIpc) is 2.97. The summed E-state index contributed by atoms with van der Waals surface area (Å²) >= 11 is 0. The molecule has 4 aromatic rings. The van der Waals surface area contributed by atoms with Gasteiger partial charge >= 0.3 is 0 Å². The molecule has 1 fully saturated rings. The lowest BCUT2D eigenvalue weighted by Crippen LogP contribution is -2.43. The maximum atomic E-state index is 14.2. The van der Waals surface area contributed by atoms with Gasteiger partial charge in [-0.3, -0.25) is 0 Å². The van der Waals surface area contributed by atoms with Crippen molar-refractivity contribution < 1.29 is 16.8 Å². The number of nitrogen functional groups attached to an aromatic ring is 2.